The van der Waals surface area contributed by atoms with Crippen molar-refractivity contribution in [3.8, 4) is 0 Å². The molecule has 2 aliphatic rings. The van der Waals surface area contributed by atoms with Gasteiger partial charge >= 0.3 is 0 Å². The lowest BCUT2D eigenvalue weighted by Crippen LogP contribution is -2.29. The molecule has 0 radical (unpaired) electrons. The average Bonchev–Trinajstić information content (AvgIpc) is 2.65. The molecule has 2 saturated carbocycles. The van der Waals surface area contributed by atoms with Crippen LogP contribution in [-0.4, -0.2) is 0 Å². The Morgan fingerprint density at radius 3 is 2.65 bits per heavy atom. The summed E-state index contributed by atoms with van der Waals surface area (Å²) in [6.45, 7) is 6.16. The molecule has 0 heterocycles. The lowest BCUT2D eigenvalue weighted by atomic mass is 9.64. The molecule has 2 aliphatic carbocycles. The van der Waals surface area contributed by atoms with Crippen molar-refractivity contribution in [2.24, 2.45) is 17.8 Å². The molecule has 4 rings (SSSR count). The summed E-state index contributed by atoms with van der Waals surface area (Å²) < 4.78 is 14.4. The van der Waals surface area contributed by atoms with Crippen LogP contribution in [0.2, 0.25) is 0 Å². The van der Waals surface area contributed by atoms with Gasteiger partial charge in [0.15, 0.2) is 0 Å². The van der Waals surface area contributed by atoms with Crippen molar-refractivity contribution in [1.29, 1.82) is 0 Å². The maximum Gasteiger partial charge on any atom is 0.127 e. The van der Waals surface area contributed by atoms with Gasteiger partial charge in [-0.3, -0.25) is 0 Å². The van der Waals surface area contributed by atoms with Crippen LogP contribution < -0.4 is 0 Å². The average molecular weight is 351 g/mol. The number of aryl methyl sites for hydroxylation is 1. The van der Waals surface area contributed by atoms with Crippen molar-refractivity contribution in [3.63, 3.8) is 0 Å². The molecule has 138 valence electrons. The Bertz CT molecular complexity index is 790. The Morgan fingerprint density at radius 1 is 1.00 bits per heavy atom. The zero-order valence-corrected chi connectivity index (χ0v) is 16.0. The van der Waals surface area contributed by atoms with Crippen LogP contribution in [-0.2, 0) is 6.42 Å². The third kappa shape index (κ3) is 3.59. The van der Waals surface area contributed by atoms with Crippen LogP contribution in [0.5, 0.6) is 0 Å². The van der Waals surface area contributed by atoms with Gasteiger partial charge in [0.05, 0.1) is 0 Å². The molecule has 26 heavy (non-hydrogen) atoms. The maximum absolute atomic E-state index is 14.4. The fourth-order valence-corrected chi connectivity index (χ4v) is 5.47. The molecule has 0 saturated heterocycles. The first-order valence-electron chi connectivity index (χ1n) is 10.5. The monoisotopic (exact) mass is 350 g/mol. The second-order valence-corrected chi connectivity index (χ2v) is 8.83. The highest BCUT2D eigenvalue weighted by molar-refractivity contribution is 5.84. The largest absolute Gasteiger partial charge is 0.207 e. The fraction of sp³-hybridized carbons (Fsp3) is 0.520. The minimum Gasteiger partial charge on any atom is -0.207 e. The van der Waals surface area contributed by atoms with E-state index in [4.69, 9.17) is 0 Å². The van der Waals surface area contributed by atoms with E-state index in [1.165, 1.54) is 44.1 Å². The number of allylic oxidation sites excluding steroid dienone is 1. The first-order valence-corrected chi connectivity index (χ1v) is 10.5. The topological polar surface area (TPSA) is 0 Å². The fourth-order valence-electron chi connectivity index (χ4n) is 5.47. The zero-order chi connectivity index (χ0) is 18.1. The summed E-state index contributed by atoms with van der Waals surface area (Å²) in [4.78, 5) is 0. The van der Waals surface area contributed by atoms with Crippen LogP contribution in [0.4, 0.5) is 4.39 Å². The molecule has 0 N–H and O–H groups in total. The number of rotatable bonds is 4. The molecular weight excluding hydrogens is 319 g/mol. The van der Waals surface area contributed by atoms with Crippen LogP contribution in [0, 0.1) is 23.6 Å². The molecule has 0 aromatic heterocycles. The van der Waals surface area contributed by atoms with Gasteiger partial charge < -0.3 is 0 Å². The van der Waals surface area contributed by atoms with Gasteiger partial charge in [-0.25, -0.2) is 4.39 Å². The lowest BCUT2D eigenvalue weighted by Gasteiger charge is -2.41. The van der Waals surface area contributed by atoms with E-state index in [1.54, 1.807) is 6.07 Å². The Morgan fingerprint density at radius 2 is 1.81 bits per heavy atom. The standard InChI is InChI=1S/C25H31F/c1-3-4-5-23-14-22-11-10-21(15-24(22)16-25(23)26)20-9-8-18-12-17(2)6-7-19(18)13-20/h3,10-11,14-20H,1,4-9,12-13H2,2H3/t17?,18-,19?,20-/m1/s1. The van der Waals surface area contributed by atoms with Crippen LogP contribution in [0.15, 0.2) is 43.0 Å². The normalized spacial score (nSPS) is 28.7. The molecular formula is C25H31F. The van der Waals surface area contributed by atoms with Gasteiger partial charge in [-0.2, -0.15) is 0 Å². The summed E-state index contributed by atoms with van der Waals surface area (Å²) in [6, 6.07) is 10.5. The summed E-state index contributed by atoms with van der Waals surface area (Å²) >= 11 is 0. The second-order valence-electron chi connectivity index (χ2n) is 8.83. The molecule has 1 heteroatoms. The molecule has 0 amide bonds. The van der Waals surface area contributed by atoms with Crippen molar-refractivity contribution in [2.75, 3.05) is 0 Å². The molecule has 0 nitrogen and oxygen atoms in total. The number of halogens is 1. The lowest BCUT2D eigenvalue weighted by molar-refractivity contribution is 0.124. The maximum atomic E-state index is 14.4. The predicted molar refractivity (Wildman–Crippen MR) is 109 cm³/mol. The number of hydrogen-bond donors (Lipinski definition) is 0. The highest BCUT2D eigenvalue weighted by atomic mass is 19.1. The van der Waals surface area contributed by atoms with Gasteiger partial charge in [-0.15, -0.1) is 6.58 Å². The van der Waals surface area contributed by atoms with E-state index in [-0.39, 0.29) is 5.82 Å². The SMILES string of the molecule is C=CCCc1cc2ccc([C@@H]3CC[C@@H]4CC(C)CCC4C3)cc2cc1F. The molecule has 2 fully saturated rings. The highest BCUT2D eigenvalue weighted by Crippen LogP contribution is 2.47. The molecule has 2 aromatic carbocycles. The summed E-state index contributed by atoms with van der Waals surface area (Å²) in [6.07, 6.45) is 11.7. The van der Waals surface area contributed by atoms with Crippen LogP contribution >= 0.6 is 0 Å². The van der Waals surface area contributed by atoms with E-state index in [0.717, 1.165) is 46.9 Å². The van der Waals surface area contributed by atoms with Gasteiger partial charge in [-0.1, -0.05) is 37.6 Å². The Hall–Kier alpha value is -1.63. The van der Waals surface area contributed by atoms with E-state index in [0.29, 0.717) is 5.92 Å². The summed E-state index contributed by atoms with van der Waals surface area (Å²) in [5.74, 6) is 3.39. The molecule has 2 unspecified atom stereocenters. The quantitative estimate of drug-likeness (QED) is 0.503. The molecule has 0 bridgehead atoms. The van der Waals surface area contributed by atoms with Gasteiger partial charge in [0.1, 0.15) is 5.82 Å². The zero-order valence-electron chi connectivity index (χ0n) is 16.0. The van der Waals surface area contributed by atoms with Crippen molar-refractivity contribution >= 4 is 10.8 Å². The van der Waals surface area contributed by atoms with E-state index >= 15 is 0 Å². The van der Waals surface area contributed by atoms with E-state index in [1.807, 2.05) is 12.1 Å². The van der Waals surface area contributed by atoms with Crippen LogP contribution in [0.25, 0.3) is 10.8 Å². The summed E-state index contributed by atoms with van der Waals surface area (Å²) in [5.41, 5.74) is 2.23. The first kappa shape index (κ1) is 17.8. The smallest absolute Gasteiger partial charge is 0.127 e. The Labute approximate surface area is 157 Å². The molecule has 4 atom stereocenters. The molecule has 2 aromatic rings. The number of benzene rings is 2. The first-order chi connectivity index (χ1) is 12.6. The van der Waals surface area contributed by atoms with Crippen molar-refractivity contribution in [1.82, 2.24) is 0 Å². The predicted octanol–water partition coefficient (Wildman–Crippen LogP) is 7.42. The highest BCUT2D eigenvalue weighted by Gasteiger charge is 2.34. The van der Waals surface area contributed by atoms with Gasteiger partial charge in [0.25, 0.3) is 0 Å². The minimum absolute atomic E-state index is 0.0681. The Kier molecular flexibility index (Phi) is 5.16. The van der Waals surface area contributed by atoms with Crippen molar-refractivity contribution < 1.29 is 4.39 Å². The number of fused-ring (bicyclic) bond motifs is 2. The summed E-state index contributed by atoms with van der Waals surface area (Å²) in [5, 5.41) is 2.22. The van der Waals surface area contributed by atoms with Gasteiger partial charge in [0.2, 0.25) is 0 Å². The van der Waals surface area contributed by atoms with Crippen molar-refractivity contribution in [3.05, 3.63) is 59.9 Å². The third-order valence-electron chi connectivity index (χ3n) is 6.99. The summed E-state index contributed by atoms with van der Waals surface area (Å²) in [7, 11) is 0. The minimum atomic E-state index is -0.0681. The van der Waals surface area contributed by atoms with E-state index in [9.17, 15) is 4.39 Å². The van der Waals surface area contributed by atoms with Crippen molar-refractivity contribution in [2.45, 2.75) is 64.2 Å². The number of hydrogen-bond acceptors (Lipinski definition) is 0. The van der Waals surface area contributed by atoms with Crippen LogP contribution in [0.1, 0.15) is 68.9 Å². The third-order valence-corrected chi connectivity index (χ3v) is 6.99. The molecule has 0 spiro atoms. The van der Waals surface area contributed by atoms with E-state index < -0.39 is 0 Å². The molecule has 0 aliphatic heterocycles. The van der Waals surface area contributed by atoms with Gasteiger partial charge in [0, 0.05) is 0 Å². The van der Waals surface area contributed by atoms with Crippen LogP contribution in [0.3, 0.4) is 0 Å². The van der Waals surface area contributed by atoms with Gasteiger partial charge in [-0.05, 0) is 103 Å². The van der Waals surface area contributed by atoms with E-state index in [2.05, 4.69) is 31.7 Å². The Balaban J connectivity index is 1.55. The second kappa shape index (κ2) is 7.55.